The first-order chi connectivity index (χ1) is 8.21. The molecule has 0 radical (unpaired) electrons. The molecule has 1 aromatic rings. The summed E-state index contributed by atoms with van der Waals surface area (Å²) >= 11 is 5.82. The Hall–Kier alpha value is -1.26. The molecule has 2 atom stereocenters. The number of hydrogen-bond acceptors (Lipinski definition) is 2. The van der Waals surface area contributed by atoms with Gasteiger partial charge in [0.2, 0.25) is 0 Å². The Bertz CT molecular complexity index is 412. The van der Waals surface area contributed by atoms with Crippen LogP contribution >= 0.6 is 11.6 Å². The Balaban J connectivity index is 2.98. The first-order valence-corrected chi connectivity index (χ1v) is 6.10. The minimum absolute atomic E-state index is 0.280. The summed E-state index contributed by atoms with van der Waals surface area (Å²) in [5.41, 5.74) is 6.73. The van der Waals surface area contributed by atoms with Crippen molar-refractivity contribution in [3.63, 3.8) is 0 Å². The number of benzene rings is 1. The molecule has 1 aromatic carbocycles. The summed E-state index contributed by atoms with van der Waals surface area (Å²) in [5.74, 6) is 0. The van der Waals surface area contributed by atoms with E-state index in [0.717, 1.165) is 5.56 Å². The molecule has 1 rings (SSSR count). The highest BCUT2D eigenvalue weighted by atomic mass is 35.5. The van der Waals surface area contributed by atoms with E-state index in [1.165, 1.54) is 0 Å². The minimum Gasteiger partial charge on any atom is -0.465 e. The highest BCUT2D eigenvalue weighted by Crippen LogP contribution is 2.29. The lowest BCUT2D eigenvalue weighted by molar-refractivity contribution is 0.166. The standard InChI is InChI=1S/C13H19ClN2O2/c1-13(2,3)11(16-12(17)18)10(15)8-4-6-9(14)7-5-8/h4-7,10-11,16H,15H2,1-3H3,(H,17,18). The average molecular weight is 271 g/mol. The summed E-state index contributed by atoms with van der Waals surface area (Å²) in [4.78, 5) is 10.9. The third-order valence-corrected chi connectivity index (χ3v) is 3.08. The van der Waals surface area contributed by atoms with Crippen molar-refractivity contribution in [1.29, 1.82) is 0 Å². The molecule has 0 fully saturated rings. The van der Waals surface area contributed by atoms with E-state index in [2.05, 4.69) is 5.32 Å². The number of carboxylic acid groups (broad SMARTS) is 1. The predicted octanol–water partition coefficient (Wildman–Crippen LogP) is 3.02. The van der Waals surface area contributed by atoms with Crippen LogP contribution in [-0.2, 0) is 0 Å². The van der Waals surface area contributed by atoms with Gasteiger partial charge in [0, 0.05) is 5.02 Å². The molecule has 18 heavy (non-hydrogen) atoms. The Kier molecular flexibility index (Phi) is 4.59. The average Bonchev–Trinajstić information content (AvgIpc) is 2.24. The van der Waals surface area contributed by atoms with Crippen molar-refractivity contribution in [3.05, 3.63) is 34.9 Å². The fourth-order valence-electron chi connectivity index (χ4n) is 1.86. The van der Waals surface area contributed by atoms with Gasteiger partial charge >= 0.3 is 6.09 Å². The van der Waals surface area contributed by atoms with Crippen LogP contribution in [0.15, 0.2) is 24.3 Å². The first-order valence-electron chi connectivity index (χ1n) is 5.72. The summed E-state index contributed by atoms with van der Waals surface area (Å²) < 4.78 is 0. The molecule has 4 N–H and O–H groups in total. The third kappa shape index (κ3) is 3.89. The maximum atomic E-state index is 10.9. The van der Waals surface area contributed by atoms with E-state index < -0.39 is 12.1 Å². The van der Waals surface area contributed by atoms with Crippen LogP contribution in [0.1, 0.15) is 32.4 Å². The molecule has 1 amide bonds. The number of nitrogens with two attached hydrogens (primary N) is 1. The van der Waals surface area contributed by atoms with Crippen molar-refractivity contribution in [2.24, 2.45) is 11.1 Å². The normalized spacial score (nSPS) is 14.9. The van der Waals surface area contributed by atoms with Crippen LogP contribution in [0.5, 0.6) is 0 Å². The molecular formula is C13H19ClN2O2. The number of amides is 1. The lowest BCUT2D eigenvalue weighted by Crippen LogP contribution is -2.49. The molecular weight excluding hydrogens is 252 g/mol. The molecule has 0 saturated heterocycles. The Morgan fingerprint density at radius 2 is 1.83 bits per heavy atom. The van der Waals surface area contributed by atoms with Crippen molar-refractivity contribution in [1.82, 2.24) is 5.32 Å². The zero-order chi connectivity index (χ0) is 13.9. The van der Waals surface area contributed by atoms with E-state index in [9.17, 15) is 4.79 Å². The fraction of sp³-hybridized carbons (Fsp3) is 0.462. The summed E-state index contributed by atoms with van der Waals surface area (Å²) in [6.45, 7) is 5.84. The van der Waals surface area contributed by atoms with Gasteiger partial charge in [0.15, 0.2) is 0 Å². The van der Waals surface area contributed by atoms with Crippen LogP contribution in [0.25, 0.3) is 0 Å². The second-order valence-electron chi connectivity index (χ2n) is 5.37. The quantitative estimate of drug-likeness (QED) is 0.790. The van der Waals surface area contributed by atoms with Gasteiger partial charge in [-0.3, -0.25) is 0 Å². The van der Waals surface area contributed by atoms with Crippen LogP contribution in [0.4, 0.5) is 4.79 Å². The number of halogens is 1. The number of carbonyl (C=O) groups is 1. The lowest BCUT2D eigenvalue weighted by Gasteiger charge is -2.35. The monoisotopic (exact) mass is 270 g/mol. The van der Waals surface area contributed by atoms with Crippen molar-refractivity contribution in [3.8, 4) is 0 Å². The summed E-state index contributed by atoms with van der Waals surface area (Å²) in [6, 6.07) is 6.33. The van der Waals surface area contributed by atoms with Gasteiger partial charge in [-0.2, -0.15) is 0 Å². The predicted molar refractivity (Wildman–Crippen MR) is 72.8 cm³/mol. The molecule has 0 aliphatic rings. The lowest BCUT2D eigenvalue weighted by atomic mass is 9.80. The van der Waals surface area contributed by atoms with Gasteiger partial charge in [0.25, 0.3) is 0 Å². The molecule has 0 heterocycles. The van der Waals surface area contributed by atoms with Crippen LogP contribution in [0.3, 0.4) is 0 Å². The van der Waals surface area contributed by atoms with Gasteiger partial charge in [-0.05, 0) is 23.1 Å². The molecule has 5 heteroatoms. The van der Waals surface area contributed by atoms with Crippen molar-refractivity contribution in [2.75, 3.05) is 0 Å². The molecule has 0 spiro atoms. The van der Waals surface area contributed by atoms with E-state index >= 15 is 0 Å². The largest absolute Gasteiger partial charge is 0.465 e. The molecule has 0 aliphatic carbocycles. The van der Waals surface area contributed by atoms with Gasteiger partial charge in [-0.15, -0.1) is 0 Å². The second-order valence-corrected chi connectivity index (χ2v) is 5.81. The zero-order valence-corrected chi connectivity index (χ0v) is 11.5. The minimum atomic E-state index is -1.07. The topological polar surface area (TPSA) is 75.3 Å². The van der Waals surface area contributed by atoms with E-state index in [1.54, 1.807) is 12.1 Å². The molecule has 0 aromatic heterocycles. The van der Waals surface area contributed by atoms with Crippen LogP contribution in [0.2, 0.25) is 5.02 Å². The van der Waals surface area contributed by atoms with E-state index in [0.29, 0.717) is 5.02 Å². The van der Waals surface area contributed by atoms with E-state index in [-0.39, 0.29) is 11.5 Å². The van der Waals surface area contributed by atoms with Gasteiger partial charge in [0.05, 0.1) is 12.1 Å². The van der Waals surface area contributed by atoms with Gasteiger partial charge < -0.3 is 16.2 Å². The Labute approximate surface area is 112 Å². The highest BCUT2D eigenvalue weighted by molar-refractivity contribution is 6.30. The molecule has 100 valence electrons. The maximum absolute atomic E-state index is 10.9. The van der Waals surface area contributed by atoms with Crippen molar-refractivity contribution >= 4 is 17.7 Å². The van der Waals surface area contributed by atoms with Crippen molar-refractivity contribution in [2.45, 2.75) is 32.9 Å². The molecule has 0 bridgehead atoms. The number of rotatable bonds is 3. The summed E-state index contributed by atoms with van der Waals surface area (Å²) in [7, 11) is 0. The first kappa shape index (κ1) is 14.8. The maximum Gasteiger partial charge on any atom is 0.404 e. The Morgan fingerprint density at radius 1 is 1.33 bits per heavy atom. The zero-order valence-electron chi connectivity index (χ0n) is 10.8. The van der Waals surface area contributed by atoms with Crippen LogP contribution < -0.4 is 11.1 Å². The van der Waals surface area contributed by atoms with Crippen LogP contribution in [0, 0.1) is 5.41 Å². The second kappa shape index (κ2) is 5.59. The smallest absolute Gasteiger partial charge is 0.404 e. The molecule has 2 unspecified atom stereocenters. The molecule has 0 saturated carbocycles. The Morgan fingerprint density at radius 3 is 2.22 bits per heavy atom. The SMILES string of the molecule is CC(C)(C)C(NC(=O)O)C(N)c1ccc(Cl)cc1. The summed E-state index contributed by atoms with van der Waals surface area (Å²) in [5, 5.41) is 12.0. The van der Waals surface area contributed by atoms with E-state index in [1.807, 2.05) is 32.9 Å². The van der Waals surface area contributed by atoms with Crippen LogP contribution in [-0.4, -0.2) is 17.2 Å². The highest BCUT2D eigenvalue weighted by Gasteiger charge is 2.32. The summed E-state index contributed by atoms with van der Waals surface area (Å²) in [6.07, 6.45) is -1.07. The molecule has 4 nitrogen and oxygen atoms in total. The third-order valence-electron chi connectivity index (χ3n) is 2.83. The fourth-order valence-corrected chi connectivity index (χ4v) is 1.98. The molecule has 0 aliphatic heterocycles. The number of nitrogens with one attached hydrogen (secondary N) is 1. The number of hydrogen-bond donors (Lipinski definition) is 3. The van der Waals surface area contributed by atoms with Crippen molar-refractivity contribution < 1.29 is 9.90 Å². The van der Waals surface area contributed by atoms with Gasteiger partial charge in [0.1, 0.15) is 0 Å². The van der Waals surface area contributed by atoms with E-state index in [4.69, 9.17) is 22.4 Å². The van der Waals surface area contributed by atoms with Gasteiger partial charge in [-0.25, -0.2) is 4.79 Å². The van der Waals surface area contributed by atoms with Gasteiger partial charge in [-0.1, -0.05) is 44.5 Å².